The average molecular weight is 522 g/mol. The number of carbonyl (C=O) groups is 1. The maximum atomic E-state index is 12.6. The summed E-state index contributed by atoms with van der Waals surface area (Å²) in [7, 11) is 1.65. The highest BCUT2D eigenvalue weighted by Crippen LogP contribution is 2.34. The largest absolute Gasteiger partial charge is 0.497 e. The molecule has 0 radical (unpaired) electrons. The Hall–Kier alpha value is -3.66. The predicted octanol–water partition coefficient (Wildman–Crippen LogP) is 5.55. The zero-order valence-corrected chi connectivity index (χ0v) is 22.3. The lowest BCUT2D eigenvalue weighted by Crippen LogP contribution is -2.41. The second-order valence-electron chi connectivity index (χ2n) is 10.1. The summed E-state index contributed by atoms with van der Waals surface area (Å²) in [6, 6.07) is 11.7. The number of benzene rings is 1. The van der Waals surface area contributed by atoms with Crippen LogP contribution in [0.4, 0.5) is 4.79 Å². The maximum absolute atomic E-state index is 12.6. The van der Waals surface area contributed by atoms with Gasteiger partial charge in [-0.3, -0.25) is 0 Å². The molecular weight excluding hydrogens is 490 g/mol. The minimum Gasteiger partial charge on any atom is -0.497 e. The van der Waals surface area contributed by atoms with Gasteiger partial charge >= 0.3 is 6.09 Å². The molecule has 0 spiro atoms. The quantitative estimate of drug-likeness (QED) is 0.328. The van der Waals surface area contributed by atoms with Crippen LogP contribution in [0.1, 0.15) is 50.8 Å². The van der Waals surface area contributed by atoms with E-state index in [9.17, 15) is 4.79 Å². The van der Waals surface area contributed by atoms with Gasteiger partial charge in [-0.15, -0.1) is 0 Å². The van der Waals surface area contributed by atoms with Crippen LogP contribution in [0.25, 0.3) is 16.1 Å². The highest BCUT2D eigenvalue weighted by molar-refractivity contribution is 7.09. The van der Waals surface area contributed by atoms with E-state index in [0.717, 1.165) is 45.9 Å². The third-order valence-electron chi connectivity index (χ3n) is 6.29. The molecule has 9 nitrogen and oxygen atoms in total. The Morgan fingerprint density at radius 1 is 1.14 bits per heavy atom. The Kier molecular flexibility index (Phi) is 7.01. The Labute approximate surface area is 220 Å². The van der Waals surface area contributed by atoms with E-state index in [1.165, 1.54) is 11.5 Å². The van der Waals surface area contributed by atoms with Crippen molar-refractivity contribution in [2.45, 2.75) is 51.7 Å². The number of hydrogen-bond donors (Lipinski definition) is 0. The van der Waals surface area contributed by atoms with Crippen molar-refractivity contribution < 1.29 is 19.0 Å². The van der Waals surface area contributed by atoms with Crippen molar-refractivity contribution in [3.8, 4) is 22.1 Å². The number of likely N-dealkylation sites (tertiary alicyclic amines) is 1. The highest BCUT2D eigenvalue weighted by Gasteiger charge is 2.29. The molecule has 1 amide bonds. The second kappa shape index (κ2) is 10.4. The molecule has 1 aliphatic heterocycles. The molecular formula is C27H31N5O4S. The smallest absolute Gasteiger partial charge is 0.410 e. The molecule has 3 aromatic heterocycles. The molecule has 0 atom stereocenters. The number of amides is 1. The lowest BCUT2D eigenvalue weighted by molar-refractivity contribution is 0.0203. The van der Waals surface area contributed by atoms with Crippen molar-refractivity contribution in [3.05, 3.63) is 60.0 Å². The summed E-state index contributed by atoms with van der Waals surface area (Å²) in [5, 5.41) is 4.69. The summed E-state index contributed by atoms with van der Waals surface area (Å²) in [6.45, 7) is 7.28. The van der Waals surface area contributed by atoms with Crippen LogP contribution in [0, 0.1) is 0 Å². The monoisotopic (exact) mass is 521 g/mol. The van der Waals surface area contributed by atoms with Crippen LogP contribution in [-0.2, 0) is 11.3 Å². The van der Waals surface area contributed by atoms with Crippen LogP contribution >= 0.6 is 11.5 Å². The first-order valence-electron chi connectivity index (χ1n) is 12.3. The van der Waals surface area contributed by atoms with Gasteiger partial charge in [-0.25, -0.2) is 13.7 Å². The fourth-order valence-electron chi connectivity index (χ4n) is 4.42. The van der Waals surface area contributed by atoms with Crippen molar-refractivity contribution in [1.29, 1.82) is 0 Å². The first kappa shape index (κ1) is 25.0. The number of piperidine rings is 1. The molecule has 5 rings (SSSR count). The molecule has 1 aliphatic rings. The third-order valence-corrected chi connectivity index (χ3v) is 7.07. The number of nitrogens with zero attached hydrogens (tertiary/aromatic N) is 5. The molecule has 0 unspecified atom stereocenters. The van der Waals surface area contributed by atoms with Crippen LogP contribution in [0.5, 0.6) is 11.6 Å². The molecule has 4 aromatic rings. The molecule has 1 fully saturated rings. The fourth-order valence-corrected chi connectivity index (χ4v) is 5.02. The summed E-state index contributed by atoms with van der Waals surface area (Å²) in [5.41, 5.74) is 3.19. The number of carbonyl (C=O) groups excluding carboxylic acids is 1. The van der Waals surface area contributed by atoms with E-state index in [4.69, 9.17) is 19.2 Å². The van der Waals surface area contributed by atoms with Crippen molar-refractivity contribution in [3.63, 3.8) is 0 Å². The van der Waals surface area contributed by atoms with E-state index in [1.54, 1.807) is 18.2 Å². The van der Waals surface area contributed by atoms with Gasteiger partial charge in [-0.1, -0.05) is 12.1 Å². The fraction of sp³-hybridized carbons (Fsp3) is 0.407. The summed E-state index contributed by atoms with van der Waals surface area (Å²) >= 11 is 1.41. The van der Waals surface area contributed by atoms with E-state index in [2.05, 4.69) is 9.47 Å². The molecule has 0 aliphatic carbocycles. The predicted molar refractivity (Wildman–Crippen MR) is 141 cm³/mol. The molecule has 1 aromatic carbocycles. The van der Waals surface area contributed by atoms with Gasteiger partial charge in [0.05, 0.1) is 29.4 Å². The van der Waals surface area contributed by atoms with Crippen LogP contribution < -0.4 is 9.47 Å². The van der Waals surface area contributed by atoms with Gasteiger partial charge in [0.1, 0.15) is 18.0 Å². The van der Waals surface area contributed by atoms with Crippen LogP contribution in [0.15, 0.2) is 48.8 Å². The minimum absolute atomic E-state index is 0.196. The summed E-state index contributed by atoms with van der Waals surface area (Å²) in [6.07, 6.45) is 4.95. The molecule has 0 N–H and O–H groups in total. The van der Waals surface area contributed by atoms with Crippen LogP contribution in [-0.4, -0.2) is 55.8 Å². The van der Waals surface area contributed by atoms with E-state index < -0.39 is 5.60 Å². The van der Waals surface area contributed by atoms with Gasteiger partial charge in [0, 0.05) is 31.3 Å². The molecule has 1 saturated heterocycles. The number of hydrogen-bond acceptors (Lipinski definition) is 8. The Morgan fingerprint density at radius 3 is 2.54 bits per heavy atom. The lowest BCUT2D eigenvalue weighted by atomic mass is 9.93. The molecule has 4 heterocycles. The first-order valence-corrected chi connectivity index (χ1v) is 13.1. The molecule has 0 saturated carbocycles. The van der Waals surface area contributed by atoms with E-state index in [0.29, 0.717) is 25.6 Å². The van der Waals surface area contributed by atoms with Gasteiger partial charge < -0.3 is 19.1 Å². The summed E-state index contributed by atoms with van der Waals surface area (Å²) in [5.74, 6) is 1.54. The summed E-state index contributed by atoms with van der Waals surface area (Å²) in [4.78, 5) is 20.2. The Morgan fingerprint density at radius 2 is 1.89 bits per heavy atom. The minimum atomic E-state index is -0.510. The second-order valence-corrected chi connectivity index (χ2v) is 10.9. The van der Waals surface area contributed by atoms with Crippen LogP contribution in [0.2, 0.25) is 0 Å². The van der Waals surface area contributed by atoms with Crippen molar-refractivity contribution in [1.82, 2.24) is 23.9 Å². The average Bonchev–Trinajstić information content (AvgIpc) is 3.56. The molecule has 194 valence electrons. The molecule has 10 heteroatoms. The highest BCUT2D eigenvalue weighted by atomic mass is 32.1. The van der Waals surface area contributed by atoms with Gasteiger partial charge in [0.2, 0.25) is 5.88 Å². The number of fused-ring (bicyclic) bond motifs is 1. The number of rotatable bonds is 6. The third kappa shape index (κ3) is 5.69. The number of ether oxygens (including phenoxy) is 3. The van der Waals surface area contributed by atoms with Gasteiger partial charge in [0.15, 0.2) is 5.65 Å². The Balaban J connectivity index is 1.41. The van der Waals surface area contributed by atoms with E-state index >= 15 is 0 Å². The van der Waals surface area contributed by atoms with Crippen molar-refractivity contribution >= 4 is 23.3 Å². The summed E-state index contributed by atoms with van der Waals surface area (Å²) < 4.78 is 23.1. The van der Waals surface area contributed by atoms with Crippen molar-refractivity contribution in [2.24, 2.45) is 0 Å². The SMILES string of the molecule is COc1ccc(COc2cc(C3CCN(C(=O)OC(C)(C)C)CC3)n3ncc(-c4ccns4)c3n2)cc1. The normalized spacial score (nSPS) is 14.6. The molecule has 0 bridgehead atoms. The van der Waals surface area contributed by atoms with Gasteiger partial charge in [-0.05, 0) is 68.9 Å². The topological polar surface area (TPSA) is 91.1 Å². The van der Waals surface area contributed by atoms with Gasteiger partial charge in [-0.2, -0.15) is 10.1 Å². The number of aromatic nitrogens is 4. The Bertz CT molecular complexity index is 1350. The lowest BCUT2D eigenvalue weighted by Gasteiger charge is -2.33. The standard InChI is InChI=1S/C27H31N5O4S/c1-27(2,3)36-26(33)31-13-10-19(11-14-31)22-15-24(35-17-18-5-7-20(34-4)8-6-18)30-25-21(16-28-32(22)25)23-9-12-29-37-23/h5-9,12,15-16,19H,10-11,13-14,17H2,1-4H3. The van der Waals surface area contributed by atoms with Gasteiger partial charge in [0.25, 0.3) is 0 Å². The van der Waals surface area contributed by atoms with E-state index in [1.807, 2.05) is 67.9 Å². The maximum Gasteiger partial charge on any atom is 0.410 e. The molecule has 37 heavy (non-hydrogen) atoms. The first-order chi connectivity index (χ1) is 17.8. The number of methoxy groups -OCH3 is 1. The van der Waals surface area contributed by atoms with Crippen LogP contribution in [0.3, 0.4) is 0 Å². The zero-order valence-electron chi connectivity index (χ0n) is 21.5. The van der Waals surface area contributed by atoms with Crippen molar-refractivity contribution in [2.75, 3.05) is 20.2 Å². The zero-order chi connectivity index (χ0) is 26.0. The van der Waals surface area contributed by atoms with E-state index in [-0.39, 0.29) is 12.0 Å².